The van der Waals surface area contributed by atoms with Gasteiger partial charge < -0.3 is 24.3 Å². The molecule has 0 N–H and O–H groups in total. The number of halogens is 1. The fourth-order valence-electron chi connectivity index (χ4n) is 4.80. The summed E-state index contributed by atoms with van der Waals surface area (Å²) in [6, 6.07) is 13.9. The van der Waals surface area contributed by atoms with E-state index in [9.17, 15) is 9.18 Å². The van der Waals surface area contributed by atoms with E-state index in [0.717, 1.165) is 60.6 Å². The van der Waals surface area contributed by atoms with Crippen molar-refractivity contribution in [1.82, 2.24) is 14.9 Å². The Bertz CT molecular complexity index is 1220. The van der Waals surface area contributed by atoms with Gasteiger partial charge in [-0.15, -0.1) is 0 Å². The molecule has 5 rings (SSSR count). The fourth-order valence-corrected chi connectivity index (χ4v) is 4.80. The zero-order chi connectivity index (χ0) is 25.2. The molecule has 1 aromatic heterocycles. The highest BCUT2D eigenvalue weighted by Gasteiger charge is 2.29. The standard InChI is InChI=1S/C27H31FN6O2/c1-31(2)25-23-18-34(26(35)19-4-10-22(36-3)11-5-19)13-12-24(23)29-27(30-25)33-16-14-32(15-17-33)21-8-6-20(28)7-9-21/h4-11H,12-18H2,1-3H3. The van der Waals surface area contributed by atoms with E-state index in [1.807, 2.05) is 48.2 Å². The Morgan fingerprint density at radius 3 is 2.22 bits per heavy atom. The second-order valence-electron chi connectivity index (χ2n) is 9.32. The topological polar surface area (TPSA) is 65.0 Å². The number of methoxy groups -OCH3 is 1. The number of hydrogen-bond donors (Lipinski definition) is 0. The molecule has 1 saturated heterocycles. The second kappa shape index (κ2) is 10.0. The molecule has 0 unspecified atom stereocenters. The second-order valence-corrected chi connectivity index (χ2v) is 9.32. The van der Waals surface area contributed by atoms with Crippen molar-refractivity contribution in [1.29, 1.82) is 0 Å². The Kier molecular flexibility index (Phi) is 6.63. The number of hydrogen-bond acceptors (Lipinski definition) is 7. The van der Waals surface area contributed by atoms with Gasteiger partial charge in [-0.05, 0) is 48.5 Å². The van der Waals surface area contributed by atoms with Crippen molar-refractivity contribution in [3.05, 3.63) is 71.2 Å². The Labute approximate surface area is 210 Å². The maximum Gasteiger partial charge on any atom is 0.254 e. The molecule has 0 radical (unpaired) electrons. The van der Waals surface area contributed by atoms with Crippen LogP contribution in [-0.2, 0) is 13.0 Å². The van der Waals surface area contributed by atoms with E-state index >= 15 is 0 Å². The van der Waals surface area contributed by atoms with Crippen LogP contribution >= 0.6 is 0 Å². The first kappa shape index (κ1) is 23.8. The van der Waals surface area contributed by atoms with Crippen molar-refractivity contribution in [2.75, 3.05) is 68.6 Å². The predicted octanol–water partition coefficient (Wildman–Crippen LogP) is 3.22. The Morgan fingerprint density at radius 1 is 0.917 bits per heavy atom. The Hall–Kier alpha value is -3.88. The van der Waals surface area contributed by atoms with Gasteiger partial charge in [-0.3, -0.25) is 4.79 Å². The van der Waals surface area contributed by atoms with Gasteiger partial charge in [-0.1, -0.05) is 0 Å². The minimum atomic E-state index is -0.222. The molecule has 0 aliphatic carbocycles. The van der Waals surface area contributed by atoms with E-state index in [1.165, 1.54) is 12.1 Å². The summed E-state index contributed by atoms with van der Waals surface area (Å²) in [5, 5.41) is 0. The first-order chi connectivity index (χ1) is 17.4. The zero-order valence-corrected chi connectivity index (χ0v) is 20.9. The lowest BCUT2D eigenvalue weighted by Crippen LogP contribution is -2.47. The third-order valence-corrected chi connectivity index (χ3v) is 6.83. The maximum absolute atomic E-state index is 13.3. The van der Waals surface area contributed by atoms with Crippen LogP contribution in [0, 0.1) is 5.82 Å². The largest absolute Gasteiger partial charge is 0.497 e. The highest BCUT2D eigenvalue weighted by molar-refractivity contribution is 5.94. The number of ether oxygens (including phenoxy) is 1. The van der Waals surface area contributed by atoms with Gasteiger partial charge in [-0.25, -0.2) is 9.37 Å². The summed E-state index contributed by atoms with van der Waals surface area (Å²) in [4.78, 5) is 31.4. The van der Waals surface area contributed by atoms with Crippen LogP contribution in [0.5, 0.6) is 5.75 Å². The SMILES string of the molecule is COc1ccc(C(=O)N2CCc3nc(N4CCN(c5ccc(F)cc5)CC4)nc(N(C)C)c3C2)cc1. The van der Waals surface area contributed by atoms with Crippen molar-refractivity contribution in [2.45, 2.75) is 13.0 Å². The van der Waals surface area contributed by atoms with E-state index < -0.39 is 0 Å². The molecule has 0 saturated carbocycles. The summed E-state index contributed by atoms with van der Waals surface area (Å²) in [5.41, 5.74) is 3.67. The van der Waals surface area contributed by atoms with E-state index in [1.54, 1.807) is 19.2 Å². The monoisotopic (exact) mass is 490 g/mol. The number of benzene rings is 2. The van der Waals surface area contributed by atoms with E-state index in [2.05, 4.69) is 9.80 Å². The minimum Gasteiger partial charge on any atom is -0.497 e. The number of amides is 1. The van der Waals surface area contributed by atoms with Gasteiger partial charge in [0, 0.05) is 70.1 Å². The van der Waals surface area contributed by atoms with Crippen LogP contribution in [-0.4, -0.2) is 74.7 Å². The zero-order valence-electron chi connectivity index (χ0n) is 20.9. The average Bonchev–Trinajstić information content (AvgIpc) is 2.92. The Balaban J connectivity index is 1.32. The molecule has 36 heavy (non-hydrogen) atoms. The van der Waals surface area contributed by atoms with Gasteiger partial charge in [0.1, 0.15) is 17.4 Å². The number of anilines is 3. The van der Waals surface area contributed by atoms with E-state index in [-0.39, 0.29) is 11.7 Å². The van der Waals surface area contributed by atoms with Gasteiger partial charge in [0.15, 0.2) is 0 Å². The molecule has 3 aromatic rings. The summed E-state index contributed by atoms with van der Waals surface area (Å²) in [6.07, 6.45) is 0.684. The van der Waals surface area contributed by atoms with Crippen molar-refractivity contribution < 1.29 is 13.9 Å². The molecule has 0 bridgehead atoms. The van der Waals surface area contributed by atoms with Crippen molar-refractivity contribution in [3.63, 3.8) is 0 Å². The molecule has 0 atom stereocenters. The molecule has 9 heteroatoms. The lowest BCUT2D eigenvalue weighted by molar-refractivity contribution is 0.0733. The fraction of sp³-hybridized carbons (Fsp3) is 0.370. The third-order valence-electron chi connectivity index (χ3n) is 6.83. The molecular weight excluding hydrogens is 459 g/mol. The van der Waals surface area contributed by atoms with Gasteiger partial charge in [0.05, 0.1) is 19.3 Å². The van der Waals surface area contributed by atoms with Crippen LogP contribution < -0.4 is 19.4 Å². The highest BCUT2D eigenvalue weighted by atomic mass is 19.1. The van der Waals surface area contributed by atoms with Crippen LogP contribution in [0.4, 0.5) is 21.8 Å². The normalized spacial score (nSPS) is 15.5. The smallest absolute Gasteiger partial charge is 0.254 e. The first-order valence-electron chi connectivity index (χ1n) is 12.2. The predicted molar refractivity (Wildman–Crippen MR) is 139 cm³/mol. The van der Waals surface area contributed by atoms with Crippen molar-refractivity contribution >= 4 is 23.4 Å². The van der Waals surface area contributed by atoms with Crippen molar-refractivity contribution in [2.24, 2.45) is 0 Å². The quantitative estimate of drug-likeness (QED) is 0.544. The third kappa shape index (κ3) is 4.78. The lowest BCUT2D eigenvalue weighted by atomic mass is 10.0. The number of rotatable bonds is 5. The van der Waals surface area contributed by atoms with E-state index in [4.69, 9.17) is 14.7 Å². The molecular formula is C27H31FN6O2. The van der Waals surface area contributed by atoms with Crippen LogP contribution in [0.2, 0.25) is 0 Å². The van der Waals surface area contributed by atoms with Gasteiger partial charge >= 0.3 is 0 Å². The summed E-state index contributed by atoms with van der Waals surface area (Å²) < 4.78 is 18.5. The van der Waals surface area contributed by atoms with Crippen LogP contribution in [0.3, 0.4) is 0 Å². The molecule has 1 amide bonds. The van der Waals surface area contributed by atoms with Crippen molar-refractivity contribution in [3.8, 4) is 5.75 Å². The number of aromatic nitrogens is 2. The molecule has 2 aliphatic heterocycles. The summed E-state index contributed by atoms with van der Waals surface area (Å²) in [7, 11) is 5.56. The lowest BCUT2D eigenvalue weighted by Gasteiger charge is -2.37. The van der Waals surface area contributed by atoms with Gasteiger partial charge in [0.25, 0.3) is 5.91 Å². The van der Waals surface area contributed by atoms with Crippen LogP contribution in [0.15, 0.2) is 48.5 Å². The Morgan fingerprint density at radius 2 is 1.58 bits per heavy atom. The molecule has 188 valence electrons. The number of carbonyl (C=O) groups excluding carboxylic acids is 1. The number of carbonyl (C=O) groups is 1. The van der Waals surface area contributed by atoms with Gasteiger partial charge in [0.2, 0.25) is 5.95 Å². The number of fused-ring (bicyclic) bond motifs is 1. The number of piperazine rings is 1. The first-order valence-corrected chi connectivity index (χ1v) is 12.2. The molecule has 0 spiro atoms. The summed E-state index contributed by atoms with van der Waals surface area (Å²) >= 11 is 0. The van der Waals surface area contributed by atoms with Crippen LogP contribution in [0.1, 0.15) is 21.6 Å². The van der Waals surface area contributed by atoms with Gasteiger partial charge in [-0.2, -0.15) is 4.98 Å². The summed E-state index contributed by atoms with van der Waals surface area (Å²) in [5.74, 6) is 2.08. The maximum atomic E-state index is 13.3. The number of nitrogens with zero attached hydrogens (tertiary/aromatic N) is 6. The summed E-state index contributed by atoms with van der Waals surface area (Å²) in [6.45, 7) is 4.28. The molecule has 2 aromatic carbocycles. The highest BCUT2D eigenvalue weighted by Crippen LogP contribution is 2.29. The molecule has 1 fully saturated rings. The molecule has 8 nitrogen and oxygen atoms in total. The molecule has 2 aliphatic rings. The van der Waals surface area contributed by atoms with Crippen LogP contribution in [0.25, 0.3) is 0 Å². The average molecular weight is 491 g/mol. The minimum absolute atomic E-state index is 0.00555. The molecule has 3 heterocycles. The van der Waals surface area contributed by atoms with E-state index in [0.29, 0.717) is 25.1 Å².